The summed E-state index contributed by atoms with van der Waals surface area (Å²) in [5, 5.41) is 0. The summed E-state index contributed by atoms with van der Waals surface area (Å²) in [6.45, 7) is 0. The summed E-state index contributed by atoms with van der Waals surface area (Å²) in [6.07, 6.45) is 8.12. The van der Waals surface area contributed by atoms with Gasteiger partial charge in [-0.25, -0.2) is 0 Å². The molecule has 5 atom stereocenters. The summed E-state index contributed by atoms with van der Waals surface area (Å²) < 4.78 is 0.993. The van der Waals surface area contributed by atoms with Crippen molar-refractivity contribution < 1.29 is 4.79 Å². The van der Waals surface area contributed by atoms with E-state index in [-0.39, 0.29) is 0 Å². The number of hydrogen-bond donors (Lipinski definition) is 0. The molecule has 0 heterocycles. The Balaban J connectivity index is 1.75. The van der Waals surface area contributed by atoms with Crippen LogP contribution in [0.15, 0.2) is 16.6 Å². The molecule has 4 aliphatic carbocycles. The van der Waals surface area contributed by atoms with Crippen LogP contribution in [0.2, 0.25) is 0 Å². The van der Waals surface area contributed by atoms with Crippen LogP contribution in [0, 0.1) is 17.3 Å². The zero-order chi connectivity index (χ0) is 12.8. The lowest BCUT2D eigenvalue weighted by Gasteiger charge is -2.48. The molecule has 1 nitrogen and oxygen atoms in total. The second-order valence-corrected chi connectivity index (χ2v) is 8.11. The van der Waals surface area contributed by atoms with Crippen molar-refractivity contribution in [2.45, 2.75) is 43.9 Å². The summed E-state index contributed by atoms with van der Waals surface area (Å²) >= 11 is 3.58. The molecular weight excluding hydrogens is 300 g/mol. The Kier molecular flexibility index (Phi) is 1.94. The van der Waals surface area contributed by atoms with E-state index >= 15 is 0 Å². The quantitative estimate of drug-likeness (QED) is 0.689. The molecule has 5 unspecified atom stereocenters. The zero-order valence-corrected chi connectivity index (χ0v) is 12.4. The van der Waals surface area contributed by atoms with Crippen LogP contribution < -0.4 is 0 Å². The van der Waals surface area contributed by atoms with Crippen molar-refractivity contribution in [3.63, 3.8) is 0 Å². The molecule has 98 valence electrons. The molecule has 1 spiro atoms. The van der Waals surface area contributed by atoms with E-state index in [4.69, 9.17) is 0 Å². The molecule has 0 aromatic heterocycles. The third-order valence-corrected chi connectivity index (χ3v) is 7.48. The highest BCUT2D eigenvalue weighted by Gasteiger charge is 2.65. The number of aldehydes is 1. The predicted octanol–water partition coefficient (Wildman–Crippen LogP) is 4.65. The van der Waals surface area contributed by atoms with Gasteiger partial charge in [0.15, 0.2) is 6.29 Å². The summed E-state index contributed by atoms with van der Waals surface area (Å²) in [5.41, 5.74) is 4.62. The number of benzene rings is 1. The van der Waals surface area contributed by atoms with Gasteiger partial charge in [-0.05, 0) is 84.5 Å². The first kappa shape index (κ1) is 11.1. The third kappa shape index (κ3) is 1.16. The van der Waals surface area contributed by atoms with Crippen molar-refractivity contribution in [1.29, 1.82) is 0 Å². The summed E-state index contributed by atoms with van der Waals surface area (Å²) in [7, 11) is 0. The van der Waals surface area contributed by atoms with Gasteiger partial charge in [0, 0.05) is 10.0 Å². The Bertz CT molecular complexity index is 608. The van der Waals surface area contributed by atoms with Crippen molar-refractivity contribution >= 4 is 22.2 Å². The maximum absolute atomic E-state index is 11.2. The van der Waals surface area contributed by atoms with Gasteiger partial charge in [0.1, 0.15) is 0 Å². The van der Waals surface area contributed by atoms with Crippen LogP contribution in [-0.2, 0) is 0 Å². The molecule has 2 heteroatoms. The van der Waals surface area contributed by atoms with Gasteiger partial charge in [-0.15, -0.1) is 0 Å². The summed E-state index contributed by atoms with van der Waals surface area (Å²) in [6, 6.07) is 4.45. The van der Waals surface area contributed by atoms with Crippen LogP contribution in [0.5, 0.6) is 0 Å². The van der Waals surface area contributed by atoms with E-state index in [9.17, 15) is 4.79 Å². The van der Waals surface area contributed by atoms with Crippen LogP contribution >= 0.6 is 15.9 Å². The van der Waals surface area contributed by atoms with E-state index < -0.39 is 0 Å². The van der Waals surface area contributed by atoms with Gasteiger partial charge in [0.25, 0.3) is 0 Å². The minimum Gasteiger partial charge on any atom is -0.298 e. The van der Waals surface area contributed by atoms with Crippen molar-refractivity contribution in [3.05, 3.63) is 33.3 Å². The Labute approximate surface area is 121 Å². The monoisotopic (exact) mass is 316 g/mol. The lowest BCUT2D eigenvalue weighted by Crippen LogP contribution is -2.41. The topological polar surface area (TPSA) is 17.1 Å². The molecule has 0 aliphatic heterocycles. The Morgan fingerprint density at radius 3 is 2.32 bits per heavy atom. The van der Waals surface area contributed by atoms with Crippen LogP contribution in [0.3, 0.4) is 0 Å². The highest BCUT2D eigenvalue weighted by Crippen LogP contribution is 2.76. The minimum atomic E-state index is 0.710. The highest BCUT2D eigenvalue weighted by atomic mass is 79.9. The number of rotatable bonds is 1. The van der Waals surface area contributed by atoms with Gasteiger partial charge in [-0.2, -0.15) is 0 Å². The zero-order valence-electron chi connectivity index (χ0n) is 10.9. The van der Waals surface area contributed by atoms with Gasteiger partial charge in [0.05, 0.1) is 0 Å². The van der Waals surface area contributed by atoms with Gasteiger partial charge in [0.2, 0.25) is 0 Å². The first-order valence-electron chi connectivity index (χ1n) is 7.50. The average Bonchev–Trinajstić information content (AvgIpc) is 2.82. The maximum Gasteiger partial charge on any atom is 0.151 e. The molecular formula is C17H17BrO. The fourth-order valence-electron chi connectivity index (χ4n) is 6.06. The number of halogens is 1. The molecule has 0 amide bonds. The van der Waals surface area contributed by atoms with Crippen LogP contribution in [0.1, 0.15) is 65.4 Å². The summed E-state index contributed by atoms with van der Waals surface area (Å²) in [5.74, 6) is 3.53. The molecule has 1 aromatic carbocycles. The fourth-order valence-corrected chi connectivity index (χ4v) is 6.52. The molecule has 0 N–H and O–H groups in total. The molecule has 0 radical (unpaired) electrons. The van der Waals surface area contributed by atoms with Gasteiger partial charge >= 0.3 is 0 Å². The van der Waals surface area contributed by atoms with Crippen LogP contribution in [-0.4, -0.2) is 6.29 Å². The van der Waals surface area contributed by atoms with Gasteiger partial charge in [-0.3, -0.25) is 4.79 Å². The Morgan fingerprint density at radius 2 is 1.68 bits per heavy atom. The highest BCUT2D eigenvalue weighted by molar-refractivity contribution is 9.10. The first-order chi connectivity index (χ1) is 9.21. The molecule has 0 saturated heterocycles. The third-order valence-electron chi connectivity index (χ3n) is 6.80. The molecule has 3 fully saturated rings. The lowest BCUT2D eigenvalue weighted by molar-refractivity contribution is 0.00322. The smallest absolute Gasteiger partial charge is 0.151 e. The number of hydrogen-bond acceptors (Lipinski definition) is 1. The Morgan fingerprint density at radius 1 is 1.05 bits per heavy atom. The molecule has 3 saturated carbocycles. The molecule has 19 heavy (non-hydrogen) atoms. The van der Waals surface area contributed by atoms with E-state index in [0.717, 1.165) is 40.0 Å². The van der Waals surface area contributed by atoms with E-state index in [1.54, 1.807) is 5.56 Å². The van der Waals surface area contributed by atoms with E-state index in [1.807, 2.05) is 0 Å². The van der Waals surface area contributed by atoms with Gasteiger partial charge < -0.3 is 0 Å². The molecule has 3 bridgehead atoms. The molecule has 4 aliphatic rings. The molecule has 5 rings (SSSR count). The Hall–Kier alpha value is -0.630. The minimum absolute atomic E-state index is 0.710. The van der Waals surface area contributed by atoms with Gasteiger partial charge in [-0.1, -0.05) is 15.9 Å². The molecule has 1 aromatic rings. The largest absolute Gasteiger partial charge is 0.298 e. The van der Waals surface area contributed by atoms with Crippen molar-refractivity contribution in [2.24, 2.45) is 17.3 Å². The fraction of sp³-hybridized carbons (Fsp3) is 0.588. The SMILES string of the molecule is O=Cc1cc2c(cc1Br)C1CC3CC4CC2CC34C1. The van der Waals surface area contributed by atoms with Crippen molar-refractivity contribution in [1.82, 2.24) is 0 Å². The lowest BCUT2D eigenvalue weighted by atomic mass is 9.56. The van der Waals surface area contributed by atoms with Crippen LogP contribution in [0.25, 0.3) is 0 Å². The predicted molar refractivity (Wildman–Crippen MR) is 77.5 cm³/mol. The first-order valence-corrected chi connectivity index (χ1v) is 8.29. The van der Waals surface area contributed by atoms with E-state index in [0.29, 0.717) is 5.41 Å². The standard InChI is InChI=1S/C17H17BrO/c18-16-5-15-10-2-13-4-12-1-9(6-17(12,13)7-10)14(15)3-11(16)8-19/h3,5,8-10,12-13H,1-2,4,6-7H2. The number of fused-ring (bicyclic) bond motifs is 5. The second kappa shape index (κ2) is 3.33. The number of carbonyl (C=O) groups is 1. The summed E-state index contributed by atoms with van der Waals surface area (Å²) in [4.78, 5) is 11.2. The van der Waals surface area contributed by atoms with E-state index in [1.165, 1.54) is 37.7 Å². The van der Waals surface area contributed by atoms with E-state index in [2.05, 4.69) is 28.1 Å². The van der Waals surface area contributed by atoms with Crippen LogP contribution in [0.4, 0.5) is 0 Å². The number of carbonyl (C=O) groups excluding carboxylic acids is 1. The second-order valence-electron chi connectivity index (χ2n) is 7.26. The van der Waals surface area contributed by atoms with Crippen molar-refractivity contribution in [3.8, 4) is 0 Å². The maximum atomic E-state index is 11.2. The van der Waals surface area contributed by atoms with Crippen molar-refractivity contribution in [2.75, 3.05) is 0 Å². The normalized spacial score (nSPS) is 44.5. The average molecular weight is 317 g/mol.